The van der Waals surface area contributed by atoms with Gasteiger partial charge in [0.2, 0.25) is 11.8 Å². The van der Waals surface area contributed by atoms with Crippen molar-refractivity contribution in [2.75, 3.05) is 0 Å². The van der Waals surface area contributed by atoms with Crippen molar-refractivity contribution in [3.8, 4) is 42.4 Å². The molecule has 0 amide bonds. The number of fused-ring (bicyclic) bond motifs is 5. The fraction of sp³-hybridized carbons (Fsp3) is 0. The number of pyridine rings is 2. The molecule has 0 N–H and O–H groups in total. The van der Waals surface area contributed by atoms with Crippen LogP contribution in [0.5, 0.6) is 0 Å². The predicted molar refractivity (Wildman–Crippen MR) is 187 cm³/mol. The third kappa shape index (κ3) is 4.23. The van der Waals surface area contributed by atoms with Crippen molar-refractivity contribution in [3.05, 3.63) is 122 Å². The van der Waals surface area contributed by atoms with E-state index in [-0.39, 0.29) is 0 Å². The highest BCUT2D eigenvalue weighted by Gasteiger charge is 2.16. The van der Waals surface area contributed by atoms with E-state index in [9.17, 15) is 0 Å². The molecule has 8 heteroatoms. The second-order valence-corrected chi connectivity index (χ2v) is 13.4. The van der Waals surface area contributed by atoms with Gasteiger partial charge in [-0.15, -0.1) is 22.7 Å². The van der Waals surface area contributed by atoms with Crippen molar-refractivity contribution in [3.63, 3.8) is 0 Å². The number of para-hydroxylation sites is 2. The van der Waals surface area contributed by atoms with Gasteiger partial charge in [-0.25, -0.2) is 9.97 Å². The molecule has 0 fully saturated rings. The molecule has 10 aromatic rings. The van der Waals surface area contributed by atoms with E-state index < -0.39 is 0 Å². The summed E-state index contributed by atoms with van der Waals surface area (Å²) in [5.41, 5.74) is 7.21. The van der Waals surface area contributed by atoms with Crippen molar-refractivity contribution >= 4 is 77.5 Å². The number of benzene rings is 4. The lowest BCUT2D eigenvalue weighted by atomic mass is 10.1. The van der Waals surface area contributed by atoms with Crippen molar-refractivity contribution in [1.29, 1.82) is 0 Å². The molecule has 0 aliphatic rings. The monoisotopic (exact) mass is 628 g/mol. The summed E-state index contributed by atoms with van der Waals surface area (Å²) < 4.78 is 12.6. The maximum atomic E-state index is 6.28. The predicted octanol–water partition coefficient (Wildman–Crippen LogP) is 11.0. The Labute approximate surface area is 269 Å². The van der Waals surface area contributed by atoms with E-state index in [0.717, 1.165) is 85.4 Å². The first-order valence-corrected chi connectivity index (χ1v) is 16.4. The normalized spacial score (nSPS) is 11.9. The van der Waals surface area contributed by atoms with Crippen molar-refractivity contribution in [1.82, 2.24) is 19.9 Å². The first-order valence-electron chi connectivity index (χ1n) is 14.8. The summed E-state index contributed by atoms with van der Waals surface area (Å²) in [4.78, 5) is 23.1. The van der Waals surface area contributed by atoms with Crippen LogP contribution in [0.3, 0.4) is 0 Å². The molecule has 0 atom stereocenters. The number of thiophene rings is 2. The largest absolute Gasteiger partial charge is 0.435 e. The Morgan fingerprint density at radius 2 is 0.870 bits per heavy atom. The van der Waals surface area contributed by atoms with Gasteiger partial charge >= 0.3 is 0 Å². The second kappa shape index (κ2) is 9.90. The Hall–Kier alpha value is -5.70. The second-order valence-electron chi connectivity index (χ2n) is 11.2. The van der Waals surface area contributed by atoms with Gasteiger partial charge in [0.15, 0.2) is 11.2 Å². The van der Waals surface area contributed by atoms with Gasteiger partial charge in [0.25, 0.3) is 0 Å². The molecule has 0 spiro atoms. The van der Waals surface area contributed by atoms with Crippen LogP contribution in [0.2, 0.25) is 0 Å². The Morgan fingerprint density at radius 1 is 0.413 bits per heavy atom. The minimum Gasteiger partial charge on any atom is -0.435 e. The van der Waals surface area contributed by atoms with E-state index in [2.05, 4.69) is 70.6 Å². The van der Waals surface area contributed by atoms with Crippen LogP contribution in [0, 0.1) is 0 Å². The summed E-state index contributed by atoms with van der Waals surface area (Å²) >= 11 is 3.29. The van der Waals surface area contributed by atoms with Gasteiger partial charge in [0.1, 0.15) is 11.0 Å². The number of oxazole rings is 2. The summed E-state index contributed by atoms with van der Waals surface area (Å²) in [6.45, 7) is 0. The topological polar surface area (TPSA) is 77.8 Å². The van der Waals surface area contributed by atoms with Gasteiger partial charge in [-0.2, -0.15) is 0 Å². The molecule has 46 heavy (non-hydrogen) atoms. The molecule has 6 heterocycles. The van der Waals surface area contributed by atoms with Crippen LogP contribution in [-0.4, -0.2) is 19.9 Å². The van der Waals surface area contributed by atoms with Gasteiger partial charge in [-0.1, -0.05) is 36.4 Å². The number of aromatic nitrogens is 4. The summed E-state index contributed by atoms with van der Waals surface area (Å²) in [6, 6.07) is 37.1. The van der Waals surface area contributed by atoms with Crippen LogP contribution in [0.1, 0.15) is 0 Å². The molecule has 10 rings (SSSR count). The number of hydrogen-bond acceptors (Lipinski definition) is 8. The first-order chi connectivity index (χ1) is 22.7. The molecule has 0 aliphatic carbocycles. The molecular formula is C38H20N4O2S2. The van der Waals surface area contributed by atoms with Crippen LogP contribution in [0.25, 0.3) is 97.2 Å². The van der Waals surface area contributed by atoms with Crippen LogP contribution >= 0.6 is 22.7 Å². The van der Waals surface area contributed by atoms with Crippen LogP contribution in [0.15, 0.2) is 130 Å². The summed E-state index contributed by atoms with van der Waals surface area (Å²) in [7, 11) is 0. The lowest BCUT2D eigenvalue weighted by molar-refractivity contribution is 0.621. The minimum absolute atomic E-state index is 0.606. The van der Waals surface area contributed by atoms with Crippen LogP contribution in [-0.2, 0) is 0 Å². The molecule has 4 aromatic carbocycles. The first kappa shape index (κ1) is 25.6. The fourth-order valence-electron chi connectivity index (χ4n) is 5.93. The van der Waals surface area contributed by atoms with Crippen molar-refractivity contribution in [2.45, 2.75) is 0 Å². The molecule has 0 saturated heterocycles. The molecule has 0 radical (unpaired) electrons. The number of rotatable bonds is 4. The number of nitrogens with zero attached hydrogens (tertiary/aromatic N) is 4. The molecule has 0 bridgehead atoms. The van der Waals surface area contributed by atoms with E-state index in [1.807, 2.05) is 60.9 Å². The highest BCUT2D eigenvalue weighted by Crippen LogP contribution is 2.39. The summed E-state index contributed by atoms with van der Waals surface area (Å²) in [5.74, 6) is 1.21. The van der Waals surface area contributed by atoms with Crippen LogP contribution < -0.4 is 0 Å². The summed E-state index contributed by atoms with van der Waals surface area (Å²) in [5, 5.41) is 4.28. The van der Waals surface area contributed by atoms with Crippen LogP contribution in [0.4, 0.5) is 0 Å². The van der Waals surface area contributed by atoms with E-state index in [4.69, 9.17) is 18.8 Å². The molecule has 0 aliphatic heterocycles. The van der Waals surface area contributed by atoms with Gasteiger partial charge in [-0.05, 0) is 83.6 Å². The highest BCUT2D eigenvalue weighted by atomic mass is 32.1. The Bertz CT molecular complexity index is 2530. The number of hydrogen-bond donors (Lipinski definition) is 0. The molecule has 6 aromatic heterocycles. The smallest absolute Gasteiger partial charge is 0.237 e. The van der Waals surface area contributed by atoms with E-state index >= 15 is 0 Å². The van der Waals surface area contributed by atoms with Gasteiger partial charge in [0, 0.05) is 44.0 Å². The quantitative estimate of drug-likeness (QED) is 0.193. The maximum absolute atomic E-state index is 6.28. The maximum Gasteiger partial charge on any atom is 0.237 e. The zero-order chi connectivity index (χ0) is 30.2. The lowest BCUT2D eigenvalue weighted by Gasteiger charge is -2.00. The molecule has 0 unspecified atom stereocenters. The Morgan fingerprint density at radius 3 is 1.37 bits per heavy atom. The zero-order valence-corrected chi connectivity index (χ0v) is 25.6. The van der Waals surface area contributed by atoms with Gasteiger partial charge < -0.3 is 8.83 Å². The molecular weight excluding hydrogens is 609 g/mol. The average molecular weight is 629 g/mol. The molecule has 216 valence electrons. The van der Waals surface area contributed by atoms with E-state index in [0.29, 0.717) is 11.8 Å². The Balaban J connectivity index is 0.968. The van der Waals surface area contributed by atoms with E-state index in [1.54, 1.807) is 22.7 Å². The minimum atomic E-state index is 0.606. The standard InChI is InChI=1S/C38H20N4O2S2/c1-3-7-27-21(5-1)13-25(19-39-27)33-9-11-35(45-33)37-41-29-15-23-18-32-30(16-24(23)17-31(29)43-37)42-38(44-32)36-12-10-34(46-36)26-14-22-6-2-4-8-28(22)40-20-26/h1-20H. The van der Waals surface area contributed by atoms with E-state index in [1.165, 1.54) is 0 Å². The van der Waals surface area contributed by atoms with Gasteiger partial charge in [-0.3, -0.25) is 9.97 Å². The van der Waals surface area contributed by atoms with Crippen molar-refractivity contribution < 1.29 is 8.83 Å². The third-order valence-electron chi connectivity index (χ3n) is 8.24. The molecule has 6 nitrogen and oxygen atoms in total. The zero-order valence-electron chi connectivity index (χ0n) is 24.0. The highest BCUT2D eigenvalue weighted by molar-refractivity contribution is 7.19. The fourth-order valence-corrected chi connectivity index (χ4v) is 7.76. The molecule has 0 saturated carbocycles. The third-order valence-corrected chi connectivity index (χ3v) is 10.5. The average Bonchev–Trinajstić information content (AvgIpc) is 3.91. The Kier molecular flexibility index (Phi) is 5.51. The lowest BCUT2D eigenvalue weighted by Crippen LogP contribution is -1.79. The van der Waals surface area contributed by atoms with Gasteiger partial charge in [0.05, 0.1) is 20.8 Å². The SMILES string of the molecule is c1ccc2ncc(-c3ccc(-c4nc5cc6cc7oc(-c8ccc(-c9cnc%10ccccc%10c9)s8)nc7cc6cc5o4)s3)cc2c1. The summed E-state index contributed by atoms with van der Waals surface area (Å²) in [6.07, 6.45) is 3.84. The van der Waals surface area contributed by atoms with Crippen molar-refractivity contribution in [2.24, 2.45) is 0 Å².